The fourth-order valence-corrected chi connectivity index (χ4v) is 4.43. The highest BCUT2D eigenvalue weighted by Crippen LogP contribution is 2.42. The average Bonchev–Trinajstić information content (AvgIpc) is 3.17. The van der Waals surface area contributed by atoms with Crippen LogP contribution in [0.5, 0.6) is 11.5 Å². The van der Waals surface area contributed by atoms with E-state index in [1.165, 1.54) is 4.90 Å². The largest absolute Gasteiger partial charge is 0.507 e. The third-order valence-corrected chi connectivity index (χ3v) is 6.35. The number of anilines is 1. The summed E-state index contributed by atoms with van der Waals surface area (Å²) < 4.78 is 11.5. The van der Waals surface area contributed by atoms with Gasteiger partial charge in [0.25, 0.3) is 11.7 Å². The first-order valence-electron chi connectivity index (χ1n) is 13.1. The first-order valence-corrected chi connectivity index (χ1v) is 13.1. The van der Waals surface area contributed by atoms with Gasteiger partial charge in [0.2, 0.25) is 0 Å². The molecule has 0 aromatic heterocycles. The van der Waals surface area contributed by atoms with E-state index in [-0.39, 0.29) is 17.4 Å². The number of ether oxygens (including phenoxy) is 2. The van der Waals surface area contributed by atoms with E-state index in [1.807, 2.05) is 38.1 Å². The van der Waals surface area contributed by atoms with Gasteiger partial charge in [0, 0.05) is 11.3 Å². The van der Waals surface area contributed by atoms with Crippen molar-refractivity contribution in [2.24, 2.45) is 5.92 Å². The molecule has 1 saturated heterocycles. The number of ketones is 1. The van der Waals surface area contributed by atoms with Crippen LogP contribution in [-0.2, 0) is 16.0 Å². The second-order valence-corrected chi connectivity index (χ2v) is 10.2. The molecule has 3 aromatic rings. The smallest absolute Gasteiger partial charge is 0.300 e. The molecule has 1 fully saturated rings. The van der Waals surface area contributed by atoms with Crippen molar-refractivity contribution in [3.05, 3.63) is 95.1 Å². The van der Waals surface area contributed by atoms with Gasteiger partial charge in [0.15, 0.2) is 0 Å². The lowest BCUT2D eigenvalue weighted by atomic mass is 9.94. The highest BCUT2D eigenvalue weighted by Gasteiger charge is 2.47. The number of carbonyl (C=O) groups excluding carboxylic acids is 2. The Balaban J connectivity index is 1.78. The van der Waals surface area contributed by atoms with Crippen molar-refractivity contribution in [3.63, 3.8) is 0 Å². The van der Waals surface area contributed by atoms with E-state index >= 15 is 0 Å². The van der Waals surface area contributed by atoms with Gasteiger partial charge < -0.3 is 14.6 Å². The predicted octanol–water partition coefficient (Wildman–Crippen LogP) is 6.70. The number of hydrogen-bond acceptors (Lipinski definition) is 5. The average molecular weight is 514 g/mol. The number of Topliss-reactive ketones (excluding diaryl/α,β-unsaturated/α-hetero) is 1. The molecule has 1 amide bonds. The normalized spacial score (nSPS) is 16.9. The quantitative estimate of drug-likeness (QED) is 0.196. The summed E-state index contributed by atoms with van der Waals surface area (Å²) >= 11 is 0. The number of benzene rings is 3. The molecule has 6 nitrogen and oxygen atoms in total. The van der Waals surface area contributed by atoms with Gasteiger partial charge in [-0.05, 0) is 85.8 Å². The monoisotopic (exact) mass is 513 g/mol. The summed E-state index contributed by atoms with van der Waals surface area (Å²) in [5, 5.41) is 11.4. The molecule has 1 N–H and O–H groups in total. The molecule has 1 atom stereocenters. The molecule has 38 heavy (non-hydrogen) atoms. The highest BCUT2D eigenvalue weighted by atomic mass is 16.5. The summed E-state index contributed by atoms with van der Waals surface area (Å²) in [6, 6.07) is 21.0. The van der Waals surface area contributed by atoms with Gasteiger partial charge in [0.05, 0.1) is 24.3 Å². The summed E-state index contributed by atoms with van der Waals surface area (Å²) in [4.78, 5) is 28.3. The Bertz CT molecular complexity index is 1310. The van der Waals surface area contributed by atoms with Gasteiger partial charge in [-0.15, -0.1) is 0 Å². The summed E-state index contributed by atoms with van der Waals surface area (Å²) in [6.45, 7) is 10.7. The molecule has 4 rings (SSSR count). The molecule has 198 valence electrons. The van der Waals surface area contributed by atoms with Gasteiger partial charge in [-0.2, -0.15) is 0 Å². The van der Waals surface area contributed by atoms with Crippen LogP contribution in [0.1, 0.15) is 57.4 Å². The van der Waals surface area contributed by atoms with Crippen molar-refractivity contribution >= 4 is 23.1 Å². The lowest BCUT2D eigenvalue weighted by molar-refractivity contribution is -0.132. The minimum absolute atomic E-state index is 0.00863. The van der Waals surface area contributed by atoms with E-state index in [0.29, 0.717) is 35.3 Å². The van der Waals surface area contributed by atoms with Gasteiger partial charge >= 0.3 is 0 Å². The maximum absolute atomic E-state index is 13.4. The molecule has 0 radical (unpaired) electrons. The Kier molecular flexibility index (Phi) is 8.20. The summed E-state index contributed by atoms with van der Waals surface area (Å²) in [5.41, 5.74) is 2.91. The molecular weight excluding hydrogens is 478 g/mol. The van der Waals surface area contributed by atoms with E-state index in [4.69, 9.17) is 9.47 Å². The van der Waals surface area contributed by atoms with E-state index in [1.54, 1.807) is 48.5 Å². The van der Waals surface area contributed by atoms with Crippen LogP contribution in [0.2, 0.25) is 0 Å². The van der Waals surface area contributed by atoms with Crippen molar-refractivity contribution in [3.8, 4) is 11.5 Å². The van der Waals surface area contributed by atoms with Crippen molar-refractivity contribution in [2.75, 3.05) is 11.5 Å². The number of aliphatic hydroxyl groups is 1. The number of nitrogens with zero attached hydrogens (tertiary/aromatic N) is 1. The van der Waals surface area contributed by atoms with Crippen molar-refractivity contribution in [1.29, 1.82) is 0 Å². The molecular formula is C32H35NO5. The van der Waals surface area contributed by atoms with Crippen LogP contribution < -0.4 is 14.4 Å². The zero-order valence-corrected chi connectivity index (χ0v) is 22.6. The number of amides is 1. The van der Waals surface area contributed by atoms with Gasteiger partial charge in [-0.25, -0.2) is 0 Å². The molecule has 1 unspecified atom stereocenters. The zero-order valence-electron chi connectivity index (χ0n) is 22.6. The van der Waals surface area contributed by atoms with Gasteiger partial charge in [0.1, 0.15) is 17.3 Å². The van der Waals surface area contributed by atoms with Crippen LogP contribution >= 0.6 is 0 Å². The minimum Gasteiger partial charge on any atom is -0.507 e. The van der Waals surface area contributed by atoms with E-state index < -0.39 is 17.7 Å². The lowest BCUT2D eigenvalue weighted by Gasteiger charge is -2.26. The minimum atomic E-state index is -0.783. The van der Waals surface area contributed by atoms with E-state index in [2.05, 4.69) is 20.8 Å². The lowest BCUT2D eigenvalue weighted by Crippen LogP contribution is -2.29. The first-order chi connectivity index (χ1) is 18.2. The fourth-order valence-electron chi connectivity index (χ4n) is 4.43. The first kappa shape index (κ1) is 27.0. The highest BCUT2D eigenvalue weighted by molar-refractivity contribution is 6.51. The van der Waals surface area contributed by atoms with E-state index in [0.717, 1.165) is 17.5 Å². The second-order valence-electron chi connectivity index (χ2n) is 10.2. The third kappa shape index (κ3) is 5.75. The predicted molar refractivity (Wildman–Crippen MR) is 150 cm³/mol. The SMILES string of the molecule is CCc1ccc(C2/C(=C(\O)c3ccc(OCC(C)C)cc3)C(=O)C(=O)N2c2ccc(OC(C)C)cc2)cc1. The Hall–Kier alpha value is -4.06. The van der Waals surface area contributed by atoms with Crippen LogP contribution in [0, 0.1) is 5.92 Å². The van der Waals surface area contributed by atoms with Crippen LogP contribution in [0.25, 0.3) is 5.76 Å². The van der Waals surface area contributed by atoms with Crippen LogP contribution in [0.3, 0.4) is 0 Å². The molecule has 0 bridgehead atoms. The van der Waals surface area contributed by atoms with E-state index in [9.17, 15) is 14.7 Å². The molecule has 1 aliphatic rings. The summed E-state index contributed by atoms with van der Waals surface area (Å²) in [6.07, 6.45) is 0.873. The second kappa shape index (κ2) is 11.5. The topological polar surface area (TPSA) is 76.1 Å². The van der Waals surface area contributed by atoms with Gasteiger partial charge in [-0.1, -0.05) is 45.0 Å². The number of hydrogen-bond donors (Lipinski definition) is 1. The number of aryl methyl sites for hydroxylation is 1. The molecule has 0 saturated carbocycles. The van der Waals surface area contributed by atoms with Crippen LogP contribution in [-0.4, -0.2) is 29.5 Å². The Morgan fingerprint density at radius 1 is 0.868 bits per heavy atom. The summed E-state index contributed by atoms with van der Waals surface area (Å²) in [7, 11) is 0. The molecule has 1 aliphatic heterocycles. The van der Waals surface area contributed by atoms with Crippen molar-refractivity contribution in [1.82, 2.24) is 0 Å². The number of carbonyl (C=O) groups is 2. The zero-order chi connectivity index (χ0) is 27.4. The van der Waals surface area contributed by atoms with Crippen molar-refractivity contribution in [2.45, 2.75) is 53.2 Å². The molecule has 0 aliphatic carbocycles. The maximum atomic E-state index is 13.4. The Morgan fingerprint density at radius 3 is 2.03 bits per heavy atom. The molecule has 1 heterocycles. The standard InChI is InChI=1S/C32H35NO5/c1-6-22-7-9-23(10-8-22)29-28(30(34)24-11-15-26(16-12-24)37-19-20(2)3)31(35)32(36)33(29)25-13-17-27(18-14-25)38-21(4)5/h7-18,20-21,29,34H,6,19H2,1-5H3/b30-28+. The Labute approximate surface area is 224 Å². The number of rotatable bonds is 9. The molecule has 3 aromatic carbocycles. The van der Waals surface area contributed by atoms with Crippen molar-refractivity contribution < 1.29 is 24.2 Å². The number of aliphatic hydroxyl groups excluding tert-OH is 1. The van der Waals surface area contributed by atoms with Crippen LogP contribution in [0.15, 0.2) is 78.4 Å². The molecule has 6 heteroatoms. The molecule has 0 spiro atoms. The fraction of sp³-hybridized carbons (Fsp3) is 0.312. The maximum Gasteiger partial charge on any atom is 0.300 e. The summed E-state index contributed by atoms with van der Waals surface area (Å²) in [5.74, 6) is 0.0880. The Morgan fingerprint density at radius 2 is 1.47 bits per heavy atom. The third-order valence-electron chi connectivity index (χ3n) is 6.35. The van der Waals surface area contributed by atoms with Gasteiger partial charge in [-0.3, -0.25) is 14.5 Å². The van der Waals surface area contributed by atoms with Crippen LogP contribution in [0.4, 0.5) is 5.69 Å².